The Morgan fingerprint density at radius 1 is 1.27 bits per heavy atom. The van der Waals surface area contributed by atoms with Crippen LogP contribution in [0.1, 0.15) is 28.9 Å². The van der Waals surface area contributed by atoms with Crippen molar-refractivity contribution in [2.24, 2.45) is 0 Å². The number of nitrogens with one attached hydrogen (secondary N) is 3. The highest BCUT2D eigenvalue weighted by Gasteiger charge is 2.23. The molecule has 26 heavy (non-hydrogen) atoms. The number of aromatic nitrogens is 3. The van der Waals surface area contributed by atoms with E-state index < -0.39 is 5.97 Å². The number of benzene rings is 1. The lowest BCUT2D eigenvalue weighted by molar-refractivity contribution is -0.137. The van der Waals surface area contributed by atoms with E-state index in [1.54, 1.807) is 24.3 Å². The molecule has 1 aliphatic carbocycles. The molecule has 3 rings (SSSR count). The molecule has 3 amide bonds. The summed E-state index contributed by atoms with van der Waals surface area (Å²) in [5.41, 5.74) is 1.34. The predicted octanol–water partition coefficient (Wildman–Crippen LogP) is 0.577. The first-order valence-corrected chi connectivity index (χ1v) is 8.06. The Balaban J connectivity index is 1.53. The molecular formula is C16H18N6O4. The predicted molar refractivity (Wildman–Crippen MR) is 90.4 cm³/mol. The van der Waals surface area contributed by atoms with Crippen LogP contribution < -0.4 is 16.0 Å². The minimum atomic E-state index is -1.03. The van der Waals surface area contributed by atoms with Crippen molar-refractivity contribution in [1.29, 1.82) is 0 Å². The maximum Gasteiger partial charge on any atom is 0.325 e. The van der Waals surface area contributed by atoms with E-state index in [0.717, 1.165) is 12.8 Å². The maximum atomic E-state index is 12.2. The van der Waals surface area contributed by atoms with Gasteiger partial charge in [-0.25, -0.2) is 9.48 Å². The number of carboxylic acid groups (broad SMARTS) is 1. The monoisotopic (exact) mass is 358 g/mol. The van der Waals surface area contributed by atoms with Gasteiger partial charge in [-0.3, -0.25) is 9.59 Å². The summed E-state index contributed by atoms with van der Waals surface area (Å²) in [7, 11) is 0. The van der Waals surface area contributed by atoms with Crippen molar-refractivity contribution in [1.82, 2.24) is 25.6 Å². The molecule has 1 fully saturated rings. The number of rotatable bonds is 7. The summed E-state index contributed by atoms with van der Waals surface area (Å²) in [5.74, 6) is -1.37. The van der Waals surface area contributed by atoms with Crippen molar-refractivity contribution in [2.75, 3.05) is 5.32 Å². The summed E-state index contributed by atoms with van der Waals surface area (Å²) < 4.78 is 1.17. The van der Waals surface area contributed by atoms with Gasteiger partial charge in [-0.2, -0.15) is 0 Å². The van der Waals surface area contributed by atoms with Crippen molar-refractivity contribution in [3.63, 3.8) is 0 Å². The van der Waals surface area contributed by atoms with Gasteiger partial charge in [0.15, 0.2) is 0 Å². The molecule has 0 spiro atoms. The number of aliphatic carboxylic acids is 1. The van der Waals surface area contributed by atoms with Crippen LogP contribution in [-0.4, -0.2) is 44.0 Å². The lowest BCUT2D eigenvalue weighted by Gasteiger charge is -2.08. The molecule has 1 saturated carbocycles. The molecule has 0 aliphatic heterocycles. The molecule has 0 unspecified atom stereocenters. The first-order chi connectivity index (χ1) is 12.5. The molecule has 0 radical (unpaired) electrons. The number of hydrogen-bond donors (Lipinski definition) is 4. The molecule has 1 aromatic carbocycles. The number of carbonyl (C=O) groups is 3. The number of anilines is 1. The van der Waals surface area contributed by atoms with Gasteiger partial charge in [-0.1, -0.05) is 11.3 Å². The topological polar surface area (TPSA) is 138 Å². The van der Waals surface area contributed by atoms with Gasteiger partial charge in [-0.05, 0) is 31.0 Å². The second kappa shape index (κ2) is 7.64. The average Bonchev–Trinajstić information content (AvgIpc) is 3.29. The van der Waals surface area contributed by atoms with Crippen LogP contribution in [0.5, 0.6) is 0 Å². The van der Waals surface area contributed by atoms with Crippen LogP contribution in [-0.2, 0) is 17.9 Å². The van der Waals surface area contributed by atoms with Crippen molar-refractivity contribution < 1.29 is 19.5 Å². The molecule has 1 aromatic heterocycles. The van der Waals surface area contributed by atoms with E-state index in [2.05, 4.69) is 26.3 Å². The summed E-state index contributed by atoms with van der Waals surface area (Å²) in [5, 5.41) is 24.3. The molecule has 136 valence electrons. The number of nitrogens with zero attached hydrogens (tertiary/aromatic N) is 3. The number of urea groups is 1. The van der Waals surface area contributed by atoms with Gasteiger partial charge < -0.3 is 21.1 Å². The number of amides is 3. The van der Waals surface area contributed by atoms with E-state index in [1.807, 2.05) is 0 Å². The second-order valence-corrected chi connectivity index (χ2v) is 5.94. The van der Waals surface area contributed by atoms with Crippen molar-refractivity contribution in [2.45, 2.75) is 32.0 Å². The molecule has 1 aliphatic rings. The van der Waals surface area contributed by atoms with Crippen LogP contribution >= 0.6 is 0 Å². The third-order valence-electron chi connectivity index (χ3n) is 3.61. The van der Waals surface area contributed by atoms with E-state index in [-0.39, 0.29) is 31.1 Å². The van der Waals surface area contributed by atoms with Crippen LogP contribution in [0.2, 0.25) is 0 Å². The first kappa shape index (κ1) is 17.4. The minimum absolute atomic E-state index is 0.109. The number of hydrogen-bond acceptors (Lipinski definition) is 5. The molecule has 10 heteroatoms. The Morgan fingerprint density at radius 2 is 2.08 bits per heavy atom. The largest absolute Gasteiger partial charge is 0.480 e. The Bertz CT molecular complexity index is 830. The lowest BCUT2D eigenvalue weighted by Crippen LogP contribution is -2.30. The van der Waals surface area contributed by atoms with Gasteiger partial charge >= 0.3 is 12.0 Å². The standard InChI is InChI=1S/C16H18N6O4/c23-14(24)9-22-8-13(20-21-22)7-17-15(25)10-2-1-3-12(6-10)19-16(26)18-11-4-5-11/h1-3,6,8,11H,4-5,7,9H2,(H,17,25)(H,23,24)(H2,18,19,26). The molecule has 0 bridgehead atoms. The minimum Gasteiger partial charge on any atom is -0.480 e. The number of carbonyl (C=O) groups excluding carboxylic acids is 2. The fourth-order valence-corrected chi connectivity index (χ4v) is 2.23. The van der Waals surface area contributed by atoms with E-state index in [9.17, 15) is 14.4 Å². The average molecular weight is 358 g/mol. The van der Waals surface area contributed by atoms with Gasteiger partial charge in [0.25, 0.3) is 5.91 Å². The van der Waals surface area contributed by atoms with E-state index in [1.165, 1.54) is 10.9 Å². The Hall–Kier alpha value is -3.43. The van der Waals surface area contributed by atoms with Gasteiger partial charge in [0.1, 0.15) is 12.2 Å². The molecule has 1 heterocycles. The fourth-order valence-electron chi connectivity index (χ4n) is 2.23. The first-order valence-electron chi connectivity index (χ1n) is 8.06. The van der Waals surface area contributed by atoms with Gasteiger partial charge in [-0.15, -0.1) is 5.10 Å². The fraction of sp³-hybridized carbons (Fsp3) is 0.312. The smallest absolute Gasteiger partial charge is 0.325 e. The highest BCUT2D eigenvalue weighted by molar-refractivity contribution is 5.96. The highest BCUT2D eigenvalue weighted by atomic mass is 16.4. The lowest BCUT2D eigenvalue weighted by atomic mass is 10.2. The van der Waals surface area contributed by atoms with Crippen LogP contribution in [0.25, 0.3) is 0 Å². The summed E-state index contributed by atoms with van der Waals surface area (Å²) in [6, 6.07) is 6.52. The SMILES string of the molecule is O=C(O)Cn1cc(CNC(=O)c2cccc(NC(=O)NC3CC3)c2)nn1. The van der Waals surface area contributed by atoms with Gasteiger partial charge in [0.2, 0.25) is 0 Å². The highest BCUT2D eigenvalue weighted by Crippen LogP contribution is 2.19. The molecule has 0 saturated heterocycles. The third kappa shape index (κ3) is 5.03. The summed E-state index contributed by atoms with van der Waals surface area (Å²) >= 11 is 0. The van der Waals surface area contributed by atoms with Gasteiger partial charge in [0.05, 0.1) is 12.7 Å². The van der Waals surface area contributed by atoms with E-state index >= 15 is 0 Å². The Labute approximate surface area is 148 Å². The maximum absolute atomic E-state index is 12.2. The van der Waals surface area contributed by atoms with Crippen LogP contribution in [0.3, 0.4) is 0 Å². The van der Waals surface area contributed by atoms with Crippen molar-refractivity contribution in [3.05, 3.63) is 41.7 Å². The zero-order valence-corrected chi connectivity index (χ0v) is 13.8. The Kier molecular flexibility index (Phi) is 5.11. The molecular weight excluding hydrogens is 340 g/mol. The third-order valence-corrected chi connectivity index (χ3v) is 3.61. The van der Waals surface area contributed by atoms with Crippen LogP contribution in [0.4, 0.5) is 10.5 Å². The zero-order valence-electron chi connectivity index (χ0n) is 13.8. The zero-order chi connectivity index (χ0) is 18.5. The summed E-state index contributed by atoms with van der Waals surface area (Å²) in [4.78, 5) is 34.6. The van der Waals surface area contributed by atoms with Gasteiger partial charge in [0, 0.05) is 17.3 Å². The molecule has 2 aromatic rings. The quantitative estimate of drug-likeness (QED) is 0.571. The molecule has 4 N–H and O–H groups in total. The Morgan fingerprint density at radius 3 is 2.81 bits per heavy atom. The second-order valence-electron chi connectivity index (χ2n) is 5.94. The number of carboxylic acids is 1. The van der Waals surface area contributed by atoms with Crippen LogP contribution in [0.15, 0.2) is 30.5 Å². The summed E-state index contributed by atoms with van der Waals surface area (Å²) in [6.07, 6.45) is 3.44. The normalized spacial score (nSPS) is 13.1. The van der Waals surface area contributed by atoms with E-state index in [4.69, 9.17) is 5.11 Å². The van der Waals surface area contributed by atoms with E-state index in [0.29, 0.717) is 16.9 Å². The van der Waals surface area contributed by atoms with Crippen LogP contribution in [0, 0.1) is 0 Å². The van der Waals surface area contributed by atoms with Crippen molar-refractivity contribution in [3.8, 4) is 0 Å². The van der Waals surface area contributed by atoms with Crippen molar-refractivity contribution >= 4 is 23.6 Å². The summed E-state index contributed by atoms with van der Waals surface area (Å²) in [6.45, 7) is -0.185. The molecule has 10 nitrogen and oxygen atoms in total. The molecule has 0 atom stereocenters.